The SMILES string of the molecule is NC(=O)c1ccccc1NCC1CCC(=O)N1. The molecule has 0 radical (unpaired) electrons. The molecule has 2 rings (SSSR count). The summed E-state index contributed by atoms with van der Waals surface area (Å²) in [5.74, 6) is -0.372. The summed E-state index contributed by atoms with van der Waals surface area (Å²) in [7, 11) is 0. The molecule has 1 atom stereocenters. The van der Waals surface area contributed by atoms with Gasteiger partial charge < -0.3 is 16.4 Å². The molecule has 1 aromatic rings. The van der Waals surface area contributed by atoms with Gasteiger partial charge in [-0.25, -0.2) is 0 Å². The molecule has 0 saturated carbocycles. The van der Waals surface area contributed by atoms with E-state index < -0.39 is 5.91 Å². The van der Waals surface area contributed by atoms with Gasteiger partial charge in [0.2, 0.25) is 5.91 Å². The van der Waals surface area contributed by atoms with Gasteiger partial charge in [-0.2, -0.15) is 0 Å². The first-order valence-electron chi connectivity index (χ1n) is 5.59. The molecule has 1 aliphatic rings. The van der Waals surface area contributed by atoms with Crippen LogP contribution in [0.5, 0.6) is 0 Å². The molecule has 90 valence electrons. The highest BCUT2D eigenvalue weighted by Crippen LogP contribution is 2.15. The maximum atomic E-state index is 11.2. The lowest BCUT2D eigenvalue weighted by atomic mass is 10.1. The van der Waals surface area contributed by atoms with Crippen molar-refractivity contribution in [3.8, 4) is 0 Å². The Morgan fingerprint density at radius 1 is 1.47 bits per heavy atom. The second kappa shape index (κ2) is 4.86. The molecule has 1 unspecified atom stereocenters. The van der Waals surface area contributed by atoms with E-state index in [1.165, 1.54) is 0 Å². The predicted molar refractivity (Wildman–Crippen MR) is 64.6 cm³/mol. The molecular weight excluding hydrogens is 218 g/mol. The molecule has 2 amide bonds. The van der Waals surface area contributed by atoms with Crippen LogP contribution < -0.4 is 16.4 Å². The number of anilines is 1. The van der Waals surface area contributed by atoms with E-state index in [-0.39, 0.29) is 11.9 Å². The van der Waals surface area contributed by atoms with Crippen LogP contribution in [-0.4, -0.2) is 24.4 Å². The standard InChI is InChI=1S/C12H15N3O2/c13-12(17)9-3-1-2-4-10(9)14-7-8-5-6-11(16)15-8/h1-4,8,14H,5-7H2,(H2,13,17)(H,15,16). The molecule has 1 fully saturated rings. The Balaban J connectivity index is 1.99. The monoisotopic (exact) mass is 233 g/mol. The van der Waals surface area contributed by atoms with Crippen molar-refractivity contribution in [2.24, 2.45) is 5.73 Å². The van der Waals surface area contributed by atoms with Gasteiger partial charge in [0, 0.05) is 24.7 Å². The van der Waals surface area contributed by atoms with Gasteiger partial charge in [-0.1, -0.05) is 12.1 Å². The molecule has 0 aromatic heterocycles. The van der Waals surface area contributed by atoms with Crippen LogP contribution in [-0.2, 0) is 4.79 Å². The summed E-state index contributed by atoms with van der Waals surface area (Å²) in [5, 5.41) is 6.00. The lowest BCUT2D eigenvalue weighted by Gasteiger charge is -2.14. The van der Waals surface area contributed by atoms with Gasteiger partial charge in [0.1, 0.15) is 0 Å². The molecule has 0 bridgehead atoms. The largest absolute Gasteiger partial charge is 0.382 e. The van der Waals surface area contributed by atoms with Gasteiger partial charge in [0.05, 0.1) is 5.56 Å². The molecule has 1 aliphatic heterocycles. The van der Waals surface area contributed by atoms with Crippen molar-refractivity contribution in [2.45, 2.75) is 18.9 Å². The minimum Gasteiger partial charge on any atom is -0.382 e. The van der Waals surface area contributed by atoms with Crippen molar-refractivity contribution in [2.75, 3.05) is 11.9 Å². The summed E-state index contributed by atoms with van der Waals surface area (Å²) in [6.07, 6.45) is 1.40. The van der Waals surface area contributed by atoms with E-state index in [1.54, 1.807) is 18.2 Å². The average molecular weight is 233 g/mol. The maximum Gasteiger partial charge on any atom is 0.250 e. The average Bonchev–Trinajstić information content (AvgIpc) is 2.73. The van der Waals surface area contributed by atoms with E-state index in [9.17, 15) is 9.59 Å². The van der Waals surface area contributed by atoms with E-state index in [4.69, 9.17) is 5.73 Å². The molecule has 5 heteroatoms. The Kier molecular flexibility index (Phi) is 3.27. The fraction of sp³-hybridized carbons (Fsp3) is 0.333. The van der Waals surface area contributed by atoms with E-state index in [2.05, 4.69) is 10.6 Å². The van der Waals surface area contributed by atoms with E-state index in [0.29, 0.717) is 24.2 Å². The first kappa shape index (κ1) is 11.4. The minimum absolute atomic E-state index is 0.0833. The second-order valence-electron chi connectivity index (χ2n) is 4.09. The highest BCUT2D eigenvalue weighted by Gasteiger charge is 2.20. The third-order valence-corrected chi connectivity index (χ3v) is 2.82. The van der Waals surface area contributed by atoms with Crippen molar-refractivity contribution in [1.29, 1.82) is 0 Å². The first-order valence-corrected chi connectivity index (χ1v) is 5.59. The Labute approximate surface area is 99.4 Å². The molecule has 1 heterocycles. The van der Waals surface area contributed by atoms with Crippen molar-refractivity contribution in [3.63, 3.8) is 0 Å². The van der Waals surface area contributed by atoms with Gasteiger partial charge in [0.25, 0.3) is 5.91 Å². The number of hydrogen-bond donors (Lipinski definition) is 3. The number of para-hydroxylation sites is 1. The number of carbonyl (C=O) groups excluding carboxylic acids is 2. The van der Waals surface area contributed by atoms with Gasteiger partial charge in [-0.05, 0) is 18.6 Å². The van der Waals surface area contributed by atoms with E-state index in [0.717, 1.165) is 6.42 Å². The lowest BCUT2D eigenvalue weighted by Crippen LogP contribution is -2.32. The van der Waals surface area contributed by atoms with Crippen LogP contribution in [0.2, 0.25) is 0 Å². The molecule has 1 saturated heterocycles. The molecule has 1 aromatic carbocycles. The normalized spacial score (nSPS) is 18.8. The Bertz CT molecular complexity index is 445. The number of benzene rings is 1. The number of rotatable bonds is 4. The molecular formula is C12H15N3O2. The van der Waals surface area contributed by atoms with Gasteiger partial charge in [0.15, 0.2) is 0 Å². The topological polar surface area (TPSA) is 84.2 Å². The molecule has 0 spiro atoms. The van der Waals surface area contributed by atoms with Gasteiger partial charge in [-0.3, -0.25) is 9.59 Å². The van der Waals surface area contributed by atoms with Crippen molar-refractivity contribution >= 4 is 17.5 Å². The number of hydrogen-bond acceptors (Lipinski definition) is 3. The Hall–Kier alpha value is -2.04. The lowest BCUT2D eigenvalue weighted by molar-refractivity contribution is -0.119. The van der Waals surface area contributed by atoms with Crippen molar-refractivity contribution in [1.82, 2.24) is 5.32 Å². The number of nitrogens with one attached hydrogen (secondary N) is 2. The summed E-state index contributed by atoms with van der Waals surface area (Å²) in [6, 6.07) is 7.21. The fourth-order valence-electron chi connectivity index (χ4n) is 1.92. The van der Waals surface area contributed by atoms with Crippen LogP contribution in [0.1, 0.15) is 23.2 Å². The van der Waals surface area contributed by atoms with Crippen LogP contribution in [0.15, 0.2) is 24.3 Å². The predicted octanol–water partition coefficient (Wildman–Crippen LogP) is 0.476. The molecule has 0 aliphatic carbocycles. The summed E-state index contributed by atoms with van der Waals surface area (Å²) >= 11 is 0. The zero-order valence-corrected chi connectivity index (χ0v) is 9.40. The smallest absolute Gasteiger partial charge is 0.250 e. The molecule has 17 heavy (non-hydrogen) atoms. The Morgan fingerprint density at radius 3 is 2.88 bits per heavy atom. The molecule has 5 nitrogen and oxygen atoms in total. The van der Waals surface area contributed by atoms with Crippen LogP contribution in [0.3, 0.4) is 0 Å². The summed E-state index contributed by atoms with van der Waals surface area (Å²) < 4.78 is 0. The zero-order chi connectivity index (χ0) is 12.3. The van der Waals surface area contributed by atoms with Gasteiger partial charge >= 0.3 is 0 Å². The Morgan fingerprint density at radius 2 is 2.24 bits per heavy atom. The third-order valence-electron chi connectivity index (χ3n) is 2.82. The third kappa shape index (κ3) is 2.75. The maximum absolute atomic E-state index is 11.2. The summed E-state index contributed by atoms with van der Waals surface area (Å²) in [5.41, 5.74) is 6.45. The second-order valence-corrected chi connectivity index (χ2v) is 4.09. The van der Waals surface area contributed by atoms with E-state index >= 15 is 0 Å². The minimum atomic E-state index is -0.455. The first-order chi connectivity index (χ1) is 8.16. The van der Waals surface area contributed by atoms with Crippen molar-refractivity contribution < 1.29 is 9.59 Å². The van der Waals surface area contributed by atoms with Crippen LogP contribution in [0.25, 0.3) is 0 Å². The van der Waals surface area contributed by atoms with Crippen LogP contribution in [0, 0.1) is 0 Å². The van der Waals surface area contributed by atoms with Crippen molar-refractivity contribution in [3.05, 3.63) is 29.8 Å². The van der Waals surface area contributed by atoms with Crippen LogP contribution in [0.4, 0.5) is 5.69 Å². The number of amides is 2. The zero-order valence-electron chi connectivity index (χ0n) is 9.40. The summed E-state index contributed by atoms with van der Waals surface area (Å²) in [4.78, 5) is 22.2. The van der Waals surface area contributed by atoms with E-state index in [1.807, 2.05) is 6.07 Å². The number of primary amides is 1. The highest BCUT2D eigenvalue weighted by atomic mass is 16.2. The van der Waals surface area contributed by atoms with Crippen LogP contribution >= 0.6 is 0 Å². The number of nitrogens with two attached hydrogens (primary N) is 1. The molecule has 4 N–H and O–H groups in total. The van der Waals surface area contributed by atoms with Gasteiger partial charge in [-0.15, -0.1) is 0 Å². The number of carbonyl (C=O) groups is 2. The highest BCUT2D eigenvalue weighted by molar-refractivity contribution is 5.98. The fourth-order valence-corrected chi connectivity index (χ4v) is 1.92. The quantitative estimate of drug-likeness (QED) is 0.707. The summed E-state index contributed by atoms with van der Waals surface area (Å²) in [6.45, 7) is 0.607.